The number of ether oxygens (including phenoxy) is 1. The number of carbonyl (C=O) groups excluding carboxylic acids is 3. The fraction of sp³-hybridized carbons (Fsp3) is 0.591. The summed E-state index contributed by atoms with van der Waals surface area (Å²) in [6.45, 7) is 11.1. The lowest BCUT2D eigenvalue weighted by Gasteiger charge is -2.21. The van der Waals surface area contributed by atoms with Gasteiger partial charge in [-0.15, -0.1) is 0 Å². The number of nitrogens with one attached hydrogen (secondary N) is 2. The van der Waals surface area contributed by atoms with Crippen LogP contribution in [-0.2, 0) is 14.4 Å². The van der Waals surface area contributed by atoms with E-state index < -0.39 is 12.0 Å². The molecule has 0 spiro atoms. The van der Waals surface area contributed by atoms with E-state index in [4.69, 9.17) is 4.74 Å². The van der Waals surface area contributed by atoms with Gasteiger partial charge < -0.3 is 9.64 Å². The Labute approximate surface area is 174 Å². The number of benzene rings is 1. The second-order valence-corrected chi connectivity index (χ2v) is 7.23. The van der Waals surface area contributed by atoms with E-state index in [9.17, 15) is 14.4 Å². The zero-order valence-electron chi connectivity index (χ0n) is 18.3. The maximum absolute atomic E-state index is 12.2. The Kier molecular flexibility index (Phi) is 10.8. The Morgan fingerprint density at radius 2 is 1.69 bits per heavy atom. The van der Waals surface area contributed by atoms with Crippen molar-refractivity contribution in [1.82, 2.24) is 15.8 Å². The SMILES string of the molecule is CCCN(CCC)C(=O)CCCC(=O)NNC(=O)C(C)Oc1cccc(C)c1C. The first-order valence-corrected chi connectivity index (χ1v) is 10.4. The van der Waals surface area contributed by atoms with Gasteiger partial charge in [0.05, 0.1) is 0 Å². The highest BCUT2D eigenvalue weighted by atomic mass is 16.5. The minimum Gasteiger partial charge on any atom is -0.481 e. The molecule has 2 N–H and O–H groups in total. The Bertz CT molecular complexity index is 685. The van der Waals surface area contributed by atoms with Gasteiger partial charge in [0.2, 0.25) is 11.8 Å². The molecule has 162 valence electrons. The Balaban J connectivity index is 2.35. The highest BCUT2D eigenvalue weighted by Crippen LogP contribution is 2.21. The van der Waals surface area contributed by atoms with Crippen LogP contribution in [0.4, 0.5) is 0 Å². The first kappa shape index (κ1) is 24.5. The van der Waals surface area contributed by atoms with Crippen LogP contribution in [0.2, 0.25) is 0 Å². The van der Waals surface area contributed by atoms with Crippen molar-refractivity contribution in [3.05, 3.63) is 29.3 Å². The fourth-order valence-corrected chi connectivity index (χ4v) is 2.85. The van der Waals surface area contributed by atoms with Crippen LogP contribution in [-0.4, -0.2) is 41.8 Å². The number of hydrogen-bond donors (Lipinski definition) is 2. The molecule has 1 aromatic rings. The average molecular weight is 406 g/mol. The molecular weight excluding hydrogens is 370 g/mol. The first-order valence-electron chi connectivity index (χ1n) is 10.4. The zero-order valence-corrected chi connectivity index (χ0v) is 18.3. The van der Waals surface area contributed by atoms with Gasteiger partial charge in [0, 0.05) is 25.9 Å². The van der Waals surface area contributed by atoms with Gasteiger partial charge in [-0.25, -0.2) is 0 Å². The van der Waals surface area contributed by atoms with E-state index >= 15 is 0 Å². The van der Waals surface area contributed by atoms with Gasteiger partial charge in [0.1, 0.15) is 5.75 Å². The maximum atomic E-state index is 12.2. The van der Waals surface area contributed by atoms with Crippen LogP contribution in [0.3, 0.4) is 0 Å². The summed E-state index contributed by atoms with van der Waals surface area (Å²) in [4.78, 5) is 38.1. The Morgan fingerprint density at radius 3 is 2.31 bits per heavy atom. The standard InChI is InChI=1S/C22H35N3O4/c1-6-14-25(15-7-2)21(27)13-9-12-20(26)23-24-22(28)18(5)29-19-11-8-10-16(3)17(19)4/h8,10-11,18H,6-7,9,12-15H2,1-5H3,(H,23,26)(H,24,28). The highest BCUT2D eigenvalue weighted by Gasteiger charge is 2.17. The third-order valence-electron chi connectivity index (χ3n) is 4.69. The summed E-state index contributed by atoms with van der Waals surface area (Å²) in [6, 6.07) is 5.65. The molecule has 0 aliphatic carbocycles. The Hall–Kier alpha value is -2.57. The first-order chi connectivity index (χ1) is 13.8. The molecule has 1 unspecified atom stereocenters. The molecule has 1 rings (SSSR count). The lowest BCUT2D eigenvalue weighted by atomic mass is 10.1. The van der Waals surface area contributed by atoms with Crippen LogP contribution in [0.15, 0.2) is 18.2 Å². The van der Waals surface area contributed by atoms with Gasteiger partial charge in [0.15, 0.2) is 6.10 Å². The third kappa shape index (κ3) is 8.54. The van der Waals surface area contributed by atoms with Crippen LogP contribution in [0, 0.1) is 13.8 Å². The van der Waals surface area contributed by atoms with E-state index in [-0.39, 0.29) is 18.2 Å². The number of carbonyl (C=O) groups is 3. The van der Waals surface area contributed by atoms with Crippen LogP contribution in [0.1, 0.15) is 64.0 Å². The van der Waals surface area contributed by atoms with E-state index in [1.165, 1.54) is 0 Å². The van der Waals surface area contributed by atoms with E-state index in [0.29, 0.717) is 18.6 Å². The fourth-order valence-electron chi connectivity index (χ4n) is 2.85. The van der Waals surface area contributed by atoms with Crippen molar-refractivity contribution in [1.29, 1.82) is 0 Å². The van der Waals surface area contributed by atoms with Crippen molar-refractivity contribution >= 4 is 17.7 Å². The van der Waals surface area contributed by atoms with E-state index in [0.717, 1.165) is 37.1 Å². The molecule has 0 aromatic heterocycles. The molecule has 7 heteroatoms. The minimum atomic E-state index is -0.756. The summed E-state index contributed by atoms with van der Waals surface area (Å²) in [5.74, 6) is -0.0581. The number of hydrogen-bond acceptors (Lipinski definition) is 4. The summed E-state index contributed by atoms with van der Waals surface area (Å²) >= 11 is 0. The van der Waals surface area contributed by atoms with Crippen LogP contribution in [0.5, 0.6) is 5.75 Å². The molecule has 0 aliphatic rings. The molecule has 29 heavy (non-hydrogen) atoms. The number of aryl methyl sites for hydroxylation is 1. The second-order valence-electron chi connectivity index (χ2n) is 7.23. The van der Waals surface area contributed by atoms with Crippen LogP contribution in [0.25, 0.3) is 0 Å². The van der Waals surface area contributed by atoms with Crippen molar-refractivity contribution in [2.45, 2.75) is 72.8 Å². The third-order valence-corrected chi connectivity index (χ3v) is 4.69. The molecule has 0 aliphatic heterocycles. The minimum absolute atomic E-state index is 0.0704. The molecular formula is C22H35N3O4. The molecule has 1 aromatic carbocycles. The van der Waals surface area contributed by atoms with Crippen molar-refractivity contribution in [3.8, 4) is 5.75 Å². The monoisotopic (exact) mass is 405 g/mol. The number of nitrogens with zero attached hydrogens (tertiary/aromatic N) is 1. The lowest BCUT2D eigenvalue weighted by Crippen LogP contribution is -2.47. The largest absolute Gasteiger partial charge is 0.481 e. The van der Waals surface area contributed by atoms with Crippen molar-refractivity contribution in [2.75, 3.05) is 13.1 Å². The van der Waals surface area contributed by atoms with Crippen LogP contribution >= 0.6 is 0 Å². The number of amides is 3. The van der Waals surface area contributed by atoms with Crippen molar-refractivity contribution in [2.24, 2.45) is 0 Å². The summed E-state index contributed by atoms with van der Waals surface area (Å²) in [5, 5.41) is 0. The molecule has 0 radical (unpaired) electrons. The molecule has 0 saturated heterocycles. The molecule has 0 saturated carbocycles. The lowest BCUT2D eigenvalue weighted by molar-refractivity contribution is -0.133. The topological polar surface area (TPSA) is 87.7 Å². The predicted molar refractivity (Wildman–Crippen MR) is 113 cm³/mol. The normalized spacial score (nSPS) is 11.5. The van der Waals surface area contributed by atoms with Gasteiger partial charge in [-0.1, -0.05) is 26.0 Å². The molecule has 1 atom stereocenters. The molecule has 0 bridgehead atoms. The van der Waals surface area contributed by atoms with Gasteiger partial charge in [0.25, 0.3) is 5.91 Å². The van der Waals surface area contributed by atoms with Gasteiger partial charge in [-0.2, -0.15) is 0 Å². The van der Waals surface area contributed by atoms with Gasteiger partial charge in [-0.05, 0) is 57.2 Å². The van der Waals surface area contributed by atoms with Gasteiger partial charge in [-0.3, -0.25) is 25.2 Å². The number of rotatable bonds is 11. The molecule has 7 nitrogen and oxygen atoms in total. The zero-order chi connectivity index (χ0) is 21.8. The number of hydrazine groups is 1. The molecule has 0 heterocycles. The summed E-state index contributed by atoms with van der Waals surface area (Å²) in [6.07, 6.45) is 2.02. The maximum Gasteiger partial charge on any atom is 0.279 e. The smallest absolute Gasteiger partial charge is 0.279 e. The second kappa shape index (κ2) is 12.8. The van der Waals surface area contributed by atoms with E-state index in [2.05, 4.69) is 10.9 Å². The highest BCUT2D eigenvalue weighted by molar-refractivity contribution is 5.85. The molecule has 3 amide bonds. The average Bonchev–Trinajstić information content (AvgIpc) is 2.69. The Morgan fingerprint density at radius 1 is 1.03 bits per heavy atom. The van der Waals surface area contributed by atoms with E-state index in [1.807, 2.05) is 50.8 Å². The predicted octanol–water partition coefficient (Wildman–Crippen LogP) is 3.04. The molecule has 0 fully saturated rings. The quantitative estimate of drug-likeness (QED) is 0.554. The van der Waals surface area contributed by atoms with Gasteiger partial charge >= 0.3 is 0 Å². The van der Waals surface area contributed by atoms with Crippen molar-refractivity contribution in [3.63, 3.8) is 0 Å². The summed E-state index contributed by atoms with van der Waals surface area (Å²) in [5.41, 5.74) is 6.82. The van der Waals surface area contributed by atoms with Crippen molar-refractivity contribution < 1.29 is 19.1 Å². The van der Waals surface area contributed by atoms with E-state index in [1.54, 1.807) is 6.92 Å². The summed E-state index contributed by atoms with van der Waals surface area (Å²) < 4.78 is 5.69. The van der Waals surface area contributed by atoms with Crippen LogP contribution < -0.4 is 15.6 Å². The summed E-state index contributed by atoms with van der Waals surface area (Å²) in [7, 11) is 0.